The highest BCUT2D eigenvalue weighted by Gasteiger charge is 2.21. The SMILES string of the molecule is COC(=O)c1cc(S(=O)(=O)Nc2cc(C)ccc2C)cn1C. The topological polar surface area (TPSA) is 77.4 Å². The molecule has 0 saturated heterocycles. The summed E-state index contributed by atoms with van der Waals surface area (Å²) in [5.74, 6) is -0.587. The van der Waals surface area contributed by atoms with Crippen LogP contribution in [0.25, 0.3) is 0 Å². The number of ether oxygens (including phenoxy) is 1. The molecular weight excluding hydrogens is 304 g/mol. The highest BCUT2D eigenvalue weighted by atomic mass is 32.2. The van der Waals surface area contributed by atoms with Crippen LogP contribution in [0.3, 0.4) is 0 Å². The number of benzene rings is 1. The first-order chi connectivity index (χ1) is 10.2. The van der Waals surface area contributed by atoms with Gasteiger partial charge in [0.25, 0.3) is 10.0 Å². The predicted molar refractivity (Wildman–Crippen MR) is 83.5 cm³/mol. The third kappa shape index (κ3) is 3.14. The number of carbonyl (C=O) groups is 1. The molecule has 0 fully saturated rings. The zero-order valence-electron chi connectivity index (χ0n) is 12.9. The number of anilines is 1. The molecule has 0 aliphatic carbocycles. The number of hydrogen-bond donors (Lipinski definition) is 1. The molecular formula is C15H18N2O4S. The summed E-state index contributed by atoms with van der Waals surface area (Å²) in [6, 6.07) is 6.80. The van der Waals surface area contributed by atoms with E-state index in [9.17, 15) is 13.2 Å². The summed E-state index contributed by atoms with van der Waals surface area (Å²) in [7, 11) is -0.940. The second kappa shape index (κ2) is 5.84. The molecule has 1 aromatic carbocycles. The van der Waals surface area contributed by atoms with E-state index in [4.69, 9.17) is 0 Å². The summed E-state index contributed by atoms with van der Waals surface area (Å²) in [4.78, 5) is 11.6. The van der Waals surface area contributed by atoms with Crippen LogP contribution in [0.2, 0.25) is 0 Å². The minimum atomic E-state index is -3.77. The van der Waals surface area contributed by atoms with E-state index < -0.39 is 16.0 Å². The average molecular weight is 322 g/mol. The van der Waals surface area contributed by atoms with Crippen molar-refractivity contribution < 1.29 is 17.9 Å². The molecule has 118 valence electrons. The molecule has 0 unspecified atom stereocenters. The highest BCUT2D eigenvalue weighted by molar-refractivity contribution is 7.92. The van der Waals surface area contributed by atoms with Gasteiger partial charge in [-0.2, -0.15) is 0 Å². The Labute approximate surface area is 129 Å². The first kappa shape index (κ1) is 16.1. The minimum absolute atomic E-state index is 0.0105. The number of nitrogens with zero attached hydrogens (tertiary/aromatic N) is 1. The van der Waals surface area contributed by atoms with Crippen molar-refractivity contribution in [2.45, 2.75) is 18.7 Å². The molecule has 0 bridgehead atoms. The van der Waals surface area contributed by atoms with Crippen molar-refractivity contribution in [1.29, 1.82) is 0 Å². The lowest BCUT2D eigenvalue weighted by molar-refractivity contribution is 0.0590. The van der Waals surface area contributed by atoms with Gasteiger partial charge in [-0.3, -0.25) is 4.72 Å². The van der Waals surface area contributed by atoms with E-state index in [-0.39, 0.29) is 10.6 Å². The van der Waals surface area contributed by atoms with Crippen molar-refractivity contribution in [1.82, 2.24) is 4.57 Å². The number of carbonyl (C=O) groups excluding carboxylic acids is 1. The van der Waals surface area contributed by atoms with Gasteiger partial charge >= 0.3 is 5.97 Å². The first-order valence-corrected chi connectivity index (χ1v) is 8.07. The van der Waals surface area contributed by atoms with E-state index >= 15 is 0 Å². The molecule has 1 heterocycles. The number of esters is 1. The first-order valence-electron chi connectivity index (χ1n) is 6.59. The van der Waals surface area contributed by atoms with Crippen molar-refractivity contribution in [2.75, 3.05) is 11.8 Å². The standard InChI is InChI=1S/C15H18N2O4S/c1-10-5-6-11(2)13(7-10)16-22(19,20)12-8-14(15(18)21-4)17(3)9-12/h5-9,16H,1-4H3. The van der Waals surface area contributed by atoms with Crippen LogP contribution in [0.1, 0.15) is 21.6 Å². The summed E-state index contributed by atoms with van der Waals surface area (Å²) >= 11 is 0. The Morgan fingerprint density at radius 3 is 2.55 bits per heavy atom. The number of aryl methyl sites for hydroxylation is 3. The minimum Gasteiger partial charge on any atom is -0.464 e. The van der Waals surface area contributed by atoms with E-state index in [2.05, 4.69) is 9.46 Å². The van der Waals surface area contributed by atoms with Crippen LogP contribution < -0.4 is 4.72 Å². The van der Waals surface area contributed by atoms with E-state index in [1.54, 1.807) is 13.1 Å². The molecule has 0 radical (unpaired) electrons. The number of sulfonamides is 1. The fourth-order valence-corrected chi connectivity index (χ4v) is 3.23. The fraction of sp³-hybridized carbons (Fsp3) is 0.267. The lowest BCUT2D eigenvalue weighted by Gasteiger charge is -2.10. The highest BCUT2D eigenvalue weighted by Crippen LogP contribution is 2.22. The zero-order valence-corrected chi connectivity index (χ0v) is 13.7. The van der Waals surface area contributed by atoms with Crippen LogP contribution >= 0.6 is 0 Å². The van der Waals surface area contributed by atoms with Crippen LogP contribution in [0.4, 0.5) is 5.69 Å². The van der Waals surface area contributed by atoms with E-state index in [0.29, 0.717) is 5.69 Å². The van der Waals surface area contributed by atoms with E-state index in [1.165, 1.54) is 23.9 Å². The summed E-state index contributed by atoms with van der Waals surface area (Å²) < 4.78 is 33.5. The number of nitrogens with one attached hydrogen (secondary N) is 1. The Kier molecular flexibility index (Phi) is 4.27. The molecule has 2 aromatic rings. The van der Waals surface area contributed by atoms with Gasteiger partial charge in [0.2, 0.25) is 0 Å². The molecule has 7 heteroatoms. The molecule has 1 aromatic heterocycles. The van der Waals surface area contributed by atoms with Gasteiger partial charge in [-0.05, 0) is 37.1 Å². The molecule has 0 amide bonds. The van der Waals surface area contributed by atoms with Crippen molar-refractivity contribution in [3.63, 3.8) is 0 Å². The Hall–Kier alpha value is -2.28. The van der Waals surface area contributed by atoms with Crippen molar-refractivity contribution in [2.24, 2.45) is 7.05 Å². The van der Waals surface area contributed by atoms with Crippen LogP contribution in [0.5, 0.6) is 0 Å². The van der Waals surface area contributed by atoms with Crippen LogP contribution in [-0.2, 0) is 21.8 Å². The summed E-state index contributed by atoms with van der Waals surface area (Å²) in [6.07, 6.45) is 1.37. The number of hydrogen-bond acceptors (Lipinski definition) is 4. The fourth-order valence-electron chi connectivity index (χ4n) is 2.04. The second-order valence-electron chi connectivity index (χ2n) is 5.09. The van der Waals surface area contributed by atoms with Gasteiger partial charge in [0.05, 0.1) is 12.8 Å². The van der Waals surface area contributed by atoms with Gasteiger partial charge in [0.15, 0.2) is 0 Å². The van der Waals surface area contributed by atoms with Gasteiger partial charge in [-0.1, -0.05) is 12.1 Å². The van der Waals surface area contributed by atoms with E-state index in [0.717, 1.165) is 11.1 Å². The van der Waals surface area contributed by atoms with Gasteiger partial charge < -0.3 is 9.30 Å². The molecule has 22 heavy (non-hydrogen) atoms. The smallest absolute Gasteiger partial charge is 0.354 e. The van der Waals surface area contributed by atoms with Crippen LogP contribution in [-0.4, -0.2) is 26.1 Å². The molecule has 0 aliphatic heterocycles. The summed E-state index contributed by atoms with van der Waals surface area (Å²) in [6.45, 7) is 3.71. The lowest BCUT2D eigenvalue weighted by atomic mass is 10.1. The molecule has 0 saturated carbocycles. The Balaban J connectivity index is 2.39. The Bertz CT molecular complexity index is 822. The zero-order chi connectivity index (χ0) is 16.5. The Morgan fingerprint density at radius 1 is 1.23 bits per heavy atom. The predicted octanol–water partition coefficient (Wildman–Crippen LogP) is 2.23. The normalized spacial score (nSPS) is 11.3. The second-order valence-corrected chi connectivity index (χ2v) is 6.77. The lowest BCUT2D eigenvalue weighted by Crippen LogP contribution is -2.13. The number of methoxy groups -OCH3 is 1. The summed E-state index contributed by atoms with van der Waals surface area (Å²) in [5, 5.41) is 0. The van der Waals surface area contributed by atoms with Crippen LogP contribution in [0, 0.1) is 13.8 Å². The van der Waals surface area contributed by atoms with Crippen LogP contribution in [0.15, 0.2) is 35.4 Å². The average Bonchev–Trinajstić information content (AvgIpc) is 2.85. The Morgan fingerprint density at radius 2 is 1.91 bits per heavy atom. The maximum absolute atomic E-state index is 12.5. The monoisotopic (exact) mass is 322 g/mol. The molecule has 0 aliphatic rings. The van der Waals surface area contributed by atoms with Gasteiger partial charge in [-0.25, -0.2) is 13.2 Å². The van der Waals surface area contributed by atoms with Crippen molar-refractivity contribution >= 4 is 21.7 Å². The van der Waals surface area contributed by atoms with Gasteiger partial charge in [0.1, 0.15) is 10.6 Å². The van der Waals surface area contributed by atoms with E-state index in [1.807, 2.05) is 26.0 Å². The molecule has 6 nitrogen and oxygen atoms in total. The quantitative estimate of drug-likeness (QED) is 0.876. The third-order valence-corrected chi connectivity index (χ3v) is 4.65. The largest absolute Gasteiger partial charge is 0.464 e. The maximum atomic E-state index is 12.5. The number of aromatic nitrogens is 1. The number of rotatable bonds is 4. The molecule has 1 N–H and O–H groups in total. The molecule has 0 spiro atoms. The maximum Gasteiger partial charge on any atom is 0.354 e. The molecule has 2 rings (SSSR count). The van der Waals surface area contributed by atoms with Crippen molar-refractivity contribution in [3.05, 3.63) is 47.3 Å². The summed E-state index contributed by atoms with van der Waals surface area (Å²) in [5.41, 5.74) is 2.46. The third-order valence-electron chi connectivity index (χ3n) is 3.32. The van der Waals surface area contributed by atoms with Gasteiger partial charge in [0, 0.05) is 13.2 Å². The molecule has 0 atom stereocenters. The van der Waals surface area contributed by atoms with Gasteiger partial charge in [-0.15, -0.1) is 0 Å². The van der Waals surface area contributed by atoms with Crippen molar-refractivity contribution in [3.8, 4) is 0 Å².